The first-order chi connectivity index (χ1) is 8.17. The summed E-state index contributed by atoms with van der Waals surface area (Å²) < 4.78 is 0. The Hall–Kier alpha value is -1.13. The molecule has 0 spiro atoms. The number of nitrogens with one attached hydrogen (secondary N) is 1. The number of hydrogen-bond donors (Lipinski definition) is 2. The maximum absolute atomic E-state index is 11.8. The lowest BCUT2D eigenvalue weighted by Crippen LogP contribution is -2.40. The van der Waals surface area contributed by atoms with Crippen LogP contribution in [0.5, 0.6) is 0 Å². The second-order valence-corrected chi connectivity index (χ2v) is 4.35. The lowest BCUT2D eigenvalue weighted by atomic mass is 10.1. The maximum atomic E-state index is 11.8. The van der Waals surface area contributed by atoms with E-state index < -0.39 is 0 Å². The third-order valence-electron chi connectivity index (χ3n) is 2.49. The molecule has 0 aliphatic heterocycles. The van der Waals surface area contributed by atoms with Crippen molar-refractivity contribution in [2.75, 3.05) is 6.54 Å². The van der Waals surface area contributed by atoms with Crippen LogP contribution >= 0.6 is 11.6 Å². The molecule has 3 N–H and O–H groups in total. The first-order valence-corrected chi connectivity index (χ1v) is 6.17. The number of nitrogens with two attached hydrogens (primary N) is 1. The summed E-state index contributed by atoms with van der Waals surface area (Å²) >= 11 is 5.70. The van der Waals surface area contributed by atoms with Crippen molar-refractivity contribution in [3.63, 3.8) is 0 Å². The number of nitrogens with zero attached hydrogens (tertiary/aromatic N) is 1. The molecule has 1 aromatic heterocycles. The van der Waals surface area contributed by atoms with Crippen molar-refractivity contribution in [2.24, 2.45) is 5.73 Å². The van der Waals surface area contributed by atoms with Crippen LogP contribution in [0.1, 0.15) is 36.7 Å². The molecule has 0 aliphatic carbocycles. The molecule has 1 unspecified atom stereocenters. The Morgan fingerprint density at radius 2 is 2.35 bits per heavy atom. The van der Waals surface area contributed by atoms with Gasteiger partial charge in [-0.3, -0.25) is 4.79 Å². The molecular weight excluding hydrogens is 238 g/mol. The van der Waals surface area contributed by atoms with Crippen molar-refractivity contribution in [3.8, 4) is 0 Å². The fourth-order valence-electron chi connectivity index (χ4n) is 1.47. The molecule has 1 heterocycles. The van der Waals surface area contributed by atoms with E-state index in [9.17, 15) is 4.79 Å². The fourth-order valence-corrected chi connectivity index (χ4v) is 1.58. The van der Waals surface area contributed by atoms with Gasteiger partial charge in [0.15, 0.2) is 0 Å². The summed E-state index contributed by atoms with van der Waals surface area (Å²) in [7, 11) is 0. The maximum Gasteiger partial charge on any atom is 0.270 e. The van der Waals surface area contributed by atoms with Crippen LogP contribution in [-0.4, -0.2) is 23.5 Å². The predicted octanol–water partition coefficient (Wildman–Crippen LogP) is 1.98. The topological polar surface area (TPSA) is 68.0 Å². The second kappa shape index (κ2) is 7.25. The molecule has 0 saturated heterocycles. The van der Waals surface area contributed by atoms with E-state index in [1.807, 2.05) is 0 Å². The normalized spacial score (nSPS) is 12.2. The molecule has 0 bridgehead atoms. The van der Waals surface area contributed by atoms with Gasteiger partial charge in [-0.15, -0.1) is 0 Å². The number of halogens is 1. The molecule has 94 valence electrons. The third-order valence-corrected chi connectivity index (χ3v) is 2.71. The molecule has 0 saturated carbocycles. The van der Waals surface area contributed by atoms with Crippen LogP contribution in [0, 0.1) is 0 Å². The van der Waals surface area contributed by atoms with Crippen LogP contribution in [0.4, 0.5) is 0 Å². The largest absolute Gasteiger partial charge is 0.347 e. The van der Waals surface area contributed by atoms with E-state index >= 15 is 0 Å². The van der Waals surface area contributed by atoms with Crippen LogP contribution in [0.15, 0.2) is 18.3 Å². The Morgan fingerprint density at radius 3 is 2.88 bits per heavy atom. The fraction of sp³-hybridized carbons (Fsp3) is 0.500. The lowest BCUT2D eigenvalue weighted by Gasteiger charge is -2.15. The smallest absolute Gasteiger partial charge is 0.270 e. The molecule has 1 aromatic rings. The molecule has 0 aromatic carbocycles. The van der Waals surface area contributed by atoms with Gasteiger partial charge in [-0.25, -0.2) is 4.98 Å². The third kappa shape index (κ3) is 4.71. The molecule has 0 aliphatic rings. The summed E-state index contributed by atoms with van der Waals surface area (Å²) in [6.45, 7) is 2.55. The molecule has 0 fully saturated rings. The predicted molar refractivity (Wildman–Crippen MR) is 69.1 cm³/mol. The van der Waals surface area contributed by atoms with E-state index in [0.717, 1.165) is 19.3 Å². The van der Waals surface area contributed by atoms with Gasteiger partial charge in [0.05, 0.1) is 5.02 Å². The Labute approximate surface area is 107 Å². The highest BCUT2D eigenvalue weighted by Gasteiger charge is 2.12. The van der Waals surface area contributed by atoms with Crippen molar-refractivity contribution in [2.45, 2.75) is 32.2 Å². The Balaban J connectivity index is 2.54. The van der Waals surface area contributed by atoms with Gasteiger partial charge in [0, 0.05) is 18.8 Å². The summed E-state index contributed by atoms with van der Waals surface area (Å²) in [4.78, 5) is 15.8. The molecule has 5 heteroatoms. The van der Waals surface area contributed by atoms with E-state index in [1.165, 1.54) is 6.20 Å². The lowest BCUT2D eigenvalue weighted by molar-refractivity contribution is 0.0931. The van der Waals surface area contributed by atoms with E-state index in [1.54, 1.807) is 12.1 Å². The summed E-state index contributed by atoms with van der Waals surface area (Å²) in [5, 5.41) is 3.38. The van der Waals surface area contributed by atoms with Crippen LogP contribution in [0.25, 0.3) is 0 Å². The summed E-state index contributed by atoms with van der Waals surface area (Å²) in [5.74, 6) is -0.201. The first-order valence-electron chi connectivity index (χ1n) is 5.79. The zero-order valence-electron chi connectivity index (χ0n) is 9.95. The number of carbonyl (C=O) groups excluding carboxylic acids is 1. The number of amides is 1. The minimum absolute atomic E-state index is 0.0138. The zero-order valence-corrected chi connectivity index (χ0v) is 10.7. The summed E-state index contributed by atoms with van der Waals surface area (Å²) in [6.07, 6.45) is 4.49. The summed E-state index contributed by atoms with van der Waals surface area (Å²) in [6, 6.07) is 3.26. The molecule has 1 atom stereocenters. The van der Waals surface area contributed by atoms with E-state index in [0.29, 0.717) is 17.3 Å². The Bertz CT molecular complexity index is 353. The van der Waals surface area contributed by atoms with Crippen molar-refractivity contribution in [3.05, 3.63) is 29.0 Å². The number of pyridine rings is 1. The highest BCUT2D eigenvalue weighted by Crippen LogP contribution is 2.07. The van der Waals surface area contributed by atoms with E-state index in [-0.39, 0.29) is 11.9 Å². The van der Waals surface area contributed by atoms with Crippen LogP contribution in [0.2, 0.25) is 5.02 Å². The summed E-state index contributed by atoms with van der Waals surface area (Å²) in [5.41, 5.74) is 5.97. The first kappa shape index (κ1) is 13.9. The van der Waals surface area contributed by atoms with Crippen molar-refractivity contribution in [1.82, 2.24) is 10.3 Å². The van der Waals surface area contributed by atoms with Crippen LogP contribution in [0.3, 0.4) is 0 Å². The zero-order chi connectivity index (χ0) is 12.7. The van der Waals surface area contributed by atoms with Crippen LogP contribution in [-0.2, 0) is 0 Å². The average molecular weight is 256 g/mol. The Morgan fingerprint density at radius 1 is 1.59 bits per heavy atom. The highest BCUT2D eigenvalue weighted by molar-refractivity contribution is 6.30. The van der Waals surface area contributed by atoms with Gasteiger partial charge in [0.2, 0.25) is 0 Å². The average Bonchev–Trinajstić information content (AvgIpc) is 2.35. The van der Waals surface area contributed by atoms with Crippen molar-refractivity contribution < 1.29 is 4.79 Å². The van der Waals surface area contributed by atoms with Gasteiger partial charge in [0.1, 0.15) is 5.69 Å². The highest BCUT2D eigenvalue weighted by atomic mass is 35.5. The number of carbonyl (C=O) groups is 1. The monoisotopic (exact) mass is 255 g/mol. The Kier molecular flexibility index (Phi) is 5.94. The molecule has 1 rings (SSSR count). The van der Waals surface area contributed by atoms with Gasteiger partial charge in [-0.05, 0) is 18.6 Å². The quantitative estimate of drug-likeness (QED) is 0.817. The van der Waals surface area contributed by atoms with Gasteiger partial charge >= 0.3 is 0 Å². The van der Waals surface area contributed by atoms with Crippen molar-refractivity contribution >= 4 is 17.5 Å². The molecule has 4 nitrogen and oxygen atoms in total. The number of aromatic nitrogens is 1. The van der Waals surface area contributed by atoms with Gasteiger partial charge in [-0.1, -0.05) is 31.4 Å². The van der Waals surface area contributed by atoms with E-state index in [2.05, 4.69) is 17.2 Å². The molecule has 1 amide bonds. The van der Waals surface area contributed by atoms with E-state index in [4.69, 9.17) is 17.3 Å². The molecule has 17 heavy (non-hydrogen) atoms. The second-order valence-electron chi connectivity index (χ2n) is 3.91. The van der Waals surface area contributed by atoms with Crippen molar-refractivity contribution in [1.29, 1.82) is 0 Å². The number of hydrogen-bond acceptors (Lipinski definition) is 3. The number of unbranched alkanes of at least 4 members (excludes halogenated alkanes) is 1. The van der Waals surface area contributed by atoms with Gasteiger partial charge in [0.25, 0.3) is 5.91 Å². The SMILES string of the molecule is CCCCC(CN)NC(=O)c1ccc(Cl)cn1. The standard InChI is InChI=1S/C12H18ClN3O/c1-2-3-4-10(7-14)16-12(17)11-6-5-9(13)8-15-11/h5-6,8,10H,2-4,7,14H2,1H3,(H,16,17). The molecule has 0 radical (unpaired) electrons. The van der Waals surface area contributed by atoms with Gasteiger partial charge < -0.3 is 11.1 Å². The molecular formula is C12H18ClN3O. The number of rotatable bonds is 6. The van der Waals surface area contributed by atoms with Crippen LogP contribution < -0.4 is 11.1 Å². The minimum atomic E-state index is -0.201. The minimum Gasteiger partial charge on any atom is -0.347 e. The van der Waals surface area contributed by atoms with Gasteiger partial charge in [-0.2, -0.15) is 0 Å².